The van der Waals surface area contributed by atoms with Crippen molar-refractivity contribution in [1.82, 2.24) is 19.8 Å². The van der Waals surface area contributed by atoms with Gasteiger partial charge >= 0.3 is 5.97 Å². The topological polar surface area (TPSA) is 70.4 Å². The molecule has 0 bridgehead atoms. The summed E-state index contributed by atoms with van der Waals surface area (Å²) in [6.07, 6.45) is 7.87. The first kappa shape index (κ1) is 23.5. The first-order valence-electron chi connectivity index (χ1n) is 12.4. The van der Waals surface area contributed by atoms with Crippen LogP contribution in [0.15, 0.2) is 48.7 Å². The molecule has 35 heavy (non-hydrogen) atoms. The van der Waals surface area contributed by atoms with Gasteiger partial charge in [-0.05, 0) is 87.3 Å². The number of carbonyl (C=O) groups is 1. The van der Waals surface area contributed by atoms with E-state index in [-0.39, 0.29) is 12.1 Å². The Labute approximate surface area is 212 Å². The van der Waals surface area contributed by atoms with Crippen LogP contribution in [0.1, 0.15) is 82.8 Å². The van der Waals surface area contributed by atoms with E-state index in [0.717, 1.165) is 46.3 Å². The van der Waals surface area contributed by atoms with Crippen LogP contribution in [0.3, 0.4) is 0 Å². The van der Waals surface area contributed by atoms with Crippen LogP contribution in [0.4, 0.5) is 0 Å². The quantitative estimate of drug-likeness (QED) is 0.442. The summed E-state index contributed by atoms with van der Waals surface area (Å²) < 4.78 is 2.19. The number of aryl methyl sites for hydroxylation is 2. The molecule has 3 heterocycles. The number of hydrogen-bond donors (Lipinski definition) is 2. The SMILES string of the molecule is Cc1ccc(C(=O)O)cc1-n1c(C)cc([C@@H]2[C@H](c3ccccn3)NC(=S)N2C2CCCCC2)c1C. The van der Waals surface area contributed by atoms with Gasteiger partial charge in [-0.2, -0.15) is 0 Å². The number of carboxylic acid groups (broad SMARTS) is 1. The Bertz CT molecular complexity index is 1260. The van der Waals surface area contributed by atoms with Gasteiger partial charge in [0.15, 0.2) is 5.11 Å². The molecule has 2 aliphatic rings. The molecule has 7 heteroatoms. The highest BCUT2D eigenvalue weighted by Gasteiger charge is 2.44. The molecule has 2 atom stereocenters. The van der Waals surface area contributed by atoms with Crippen molar-refractivity contribution in [2.75, 3.05) is 0 Å². The van der Waals surface area contributed by atoms with Gasteiger partial charge in [-0.1, -0.05) is 31.4 Å². The largest absolute Gasteiger partial charge is 0.478 e. The Morgan fingerprint density at radius 2 is 1.86 bits per heavy atom. The van der Waals surface area contributed by atoms with Gasteiger partial charge in [0.05, 0.1) is 23.3 Å². The van der Waals surface area contributed by atoms with Crippen LogP contribution >= 0.6 is 12.2 Å². The highest BCUT2D eigenvalue weighted by Crippen LogP contribution is 2.44. The Morgan fingerprint density at radius 3 is 2.54 bits per heavy atom. The third-order valence-electron chi connectivity index (χ3n) is 7.59. The molecule has 3 aromatic rings. The average Bonchev–Trinajstić information content (AvgIpc) is 3.35. The van der Waals surface area contributed by atoms with Crippen molar-refractivity contribution in [3.8, 4) is 5.69 Å². The van der Waals surface area contributed by atoms with Gasteiger partial charge in [-0.15, -0.1) is 0 Å². The number of benzene rings is 1. The van der Waals surface area contributed by atoms with Crippen molar-refractivity contribution in [2.24, 2.45) is 0 Å². The van der Waals surface area contributed by atoms with Crippen molar-refractivity contribution in [3.63, 3.8) is 0 Å². The normalized spacial score (nSPS) is 20.8. The molecule has 2 N–H and O–H groups in total. The molecule has 1 aliphatic heterocycles. The molecule has 0 radical (unpaired) electrons. The summed E-state index contributed by atoms with van der Waals surface area (Å²) in [5.74, 6) is -0.919. The van der Waals surface area contributed by atoms with Crippen LogP contribution in [0, 0.1) is 20.8 Å². The van der Waals surface area contributed by atoms with Crippen LogP contribution in [0.2, 0.25) is 0 Å². The lowest BCUT2D eigenvalue weighted by molar-refractivity contribution is 0.0697. The van der Waals surface area contributed by atoms with Crippen LogP contribution in [-0.2, 0) is 0 Å². The van der Waals surface area contributed by atoms with Crippen molar-refractivity contribution in [1.29, 1.82) is 0 Å². The predicted octanol–water partition coefficient (Wildman–Crippen LogP) is 5.80. The summed E-state index contributed by atoms with van der Waals surface area (Å²) in [5.41, 5.74) is 6.59. The number of pyridine rings is 1. The summed E-state index contributed by atoms with van der Waals surface area (Å²) in [5, 5.41) is 14.0. The molecular weight excluding hydrogens is 456 g/mol. The van der Waals surface area contributed by atoms with Crippen molar-refractivity contribution < 1.29 is 9.90 Å². The minimum absolute atomic E-state index is 0.0170. The average molecular weight is 489 g/mol. The minimum atomic E-state index is -0.919. The van der Waals surface area contributed by atoms with E-state index in [4.69, 9.17) is 17.2 Å². The molecule has 1 aliphatic carbocycles. The molecule has 0 amide bonds. The maximum atomic E-state index is 11.7. The van der Waals surface area contributed by atoms with Crippen molar-refractivity contribution >= 4 is 23.3 Å². The van der Waals surface area contributed by atoms with Gasteiger partial charge in [0.25, 0.3) is 0 Å². The Balaban J connectivity index is 1.65. The molecule has 6 nitrogen and oxygen atoms in total. The van der Waals surface area contributed by atoms with E-state index in [2.05, 4.69) is 40.8 Å². The Kier molecular flexibility index (Phi) is 6.36. The van der Waals surface area contributed by atoms with Gasteiger partial charge in [-0.3, -0.25) is 4.98 Å². The second-order valence-corrected chi connectivity index (χ2v) is 10.2. The lowest BCUT2D eigenvalue weighted by Crippen LogP contribution is -2.40. The molecule has 0 unspecified atom stereocenters. The van der Waals surface area contributed by atoms with Crippen molar-refractivity contribution in [3.05, 3.63) is 82.4 Å². The summed E-state index contributed by atoms with van der Waals surface area (Å²) in [7, 11) is 0. The fourth-order valence-electron chi connectivity index (χ4n) is 5.89. The molecule has 1 aromatic carbocycles. The maximum absolute atomic E-state index is 11.7. The zero-order chi connectivity index (χ0) is 24.7. The lowest BCUT2D eigenvalue weighted by atomic mass is 9.90. The van der Waals surface area contributed by atoms with Gasteiger partial charge < -0.3 is 19.9 Å². The third-order valence-corrected chi connectivity index (χ3v) is 7.92. The first-order chi connectivity index (χ1) is 16.9. The minimum Gasteiger partial charge on any atom is -0.478 e. The molecule has 182 valence electrons. The number of aromatic nitrogens is 2. The zero-order valence-electron chi connectivity index (χ0n) is 20.5. The second kappa shape index (κ2) is 9.46. The van der Waals surface area contributed by atoms with Gasteiger partial charge in [0.1, 0.15) is 0 Å². The molecule has 0 spiro atoms. The van der Waals surface area contributed by atoms with E-state index >= 15 is 0 Å². The fourth-order valence-corrected chi connectivity index (χ4v) is 6.28. The second-order valence-electron chi connectivity index (χ2n) is 9.79. The summed E-state index contributed by atoms with van der Waals surface area (Å²) in [4.78, 5) is 18.8. The molecule has 1 saturated carbocycles. The number of nitrogens with zero attached hydrogens (tertiary/aromatic N) is 3. The van der Waals surface area contributed by atoms with Crippen molar-refractivity contribution in [2.45, 2.75) is 71.0 Å². The Morgan fingerprint density at radius 1 is 1.09 bits per heavy atom. The molecular formula is C28H32N4O2S. The van der Waals surface area contributed by atoms with Gasteiger partial charge in [-0.25, -0.2) is 4.79 Å². The summed E-state index contributed by atoms with van der Waals surface area (Å²) in [6, 6.07) is 14.0. The predicted molar refractivity (Wildman–Crippen MR) is 141 cm³/mol. The van der Waals surface area contributed by atoms with E-state index in [1.54, 1.807) is 12.1 Å². The zero-order valence-corrected chi connectivity index (χ0v) is 21.3. The molecule has 2 aromatic heterocycles. The maximum Gasteiger partial charge on any atom is 0.335 e. The lowest BCUT2D eigenvalue weighted by Gasteiger charge is -2.37. The van der Waals surface area contributed by atoms with Crippen LogP contribution in [-0.4, -0.2) is 36.7 Å². The number of rotatable bonds is 5. The third kappa shape index (κ3) is 4.22. The number of carboxylic acids is 1. The first-order valence-corrected chi connectivity index (χ1v) is 12.8. The van der Waals surface area contributed by atoms with Gasteiger partial charge in [0.2, 0.25) is 0 Å². The van der Waals surface area contributed by atoms with Gasteiger partial charge in [0, 0.05) is 29.3 Å². The van der Waals surface area contributed by atoms with Crippen LogP contribution < -0.4 is 5.32 Å². The molecule has 1 saturated heterocycles. The monoisotopic (exact) mass is 488 g/mol. The number of thiocarbonyl (C=S) groups is 1. The standard InChI is InChI=1S/C28H32N4O2S/c1-17-12-13-20(27(33)34)16-24(17)31-18(2)15-22(19(31)3)26-25(23-11-7-8-14-29-23)30-28(35)32(26)21-9-5-4-6-10-21/h7-8,11-16,21,25-26H,4-6,9-10H2,1-3H3,(H,30,35)(H,33,34)/t25-,26+/m0/s1. The van der Waals surface area contributed by atoms with E-state index in [0.29, 0.717) is 11.6 Å². The molecule has 2 fully saturated rings. The smallest absolute Gasteiger partial charge is 0.335 e. The number of nitrogens with one attached hydrogen (secondary N) is 1. The summed E-state index contributed by atoms with van der Waals surface area (Å²) in [6.45, 7) is 6.24. The van der Waals surface area contributed by atoms with E-state index in [9.17, 15) is 9.90 Å². The highest BCUT2D eigenvalue weighted by molar-refractivity contribution is 7.80. The van der Waals surface area contributed by atoms with E-state index in [1.165, 1.54) is 24.8 Å². The van der Waals surface area contributed by atoms with E-state index < -0.39 is 5.97 Å². The Hall–Kier alpha value is -3.19. The summed E-state index contributed by atoms with van der Waals surface area (Å²) >= 11 is 5.93. The van der Waals surface area contributed by atoms with E-state index in [1.807, 2.05) is 31.3 Å². The molecule has 5 rings (SSSR count). The fraction of sp³-hybridized carbons (Fsp3) is 0.393. The number of aromatic carboxylic acids is 1. The number of hydrogen-bond acceptors (Lipinski definition) is 3. The van der Waals surface area contributed by atoms with Crippen LogP contribution in [0.5, 0.6) is 0 Å². The van der Waals surface area contributed by atoms with Crippen LogP contribution in [0.25, 0.3) is 5.69 Å². The highest BCUT2D eigenvalue weighted by atomic mass is 32.1.